The van der Waals surface area contributed by atoms with Crippen molar-refractivity contribution in [3.8, 4) is 0 Å². The van der Waals surface area contributed by atoms with E-state index in [9.17, 15) is 4.79 Å². The van der Waals surface area contributed by atoms with Crippen LogP contribution >= 0.6 is 0 Å². The van der Waals surface area contributed by atoms with Crippen LogP contribution in [0, 0.1) is 0 Å². The minimum absolute atomic E-state index is 0.334. The van der Waals surface area contributed by atoms with E-state index in [0.29, 0.717) is 11.8 Å². The normalized spacial score (nSPS) is 32.2. The van der Waals surface area contributed by atoms with Crippen LogP contribution < -0.4 is 0 Å². The highest BCUT2D eigenvalue weighted by Crippen LogP contribution is 2.42. The molecule has 0 aromatic heterocycles. The summed E-state index contributed by atoms with van der Waals surface area (Å²) in [5.41, 5.74) is 0.887. The number of carbonyl (C=O) groups excluding carboxylic acids is 1. The molecule has 3 rings (SSSR count). The summed E-state index contributed by atoms with van der Waals surface area (Å²) in [5.74, 6) is 0.448. The fourth-order valence-electron chi connectivity index (χ4n) is 4.17. The third-order valence-electron chi connectivity index (χ3n) is 5.20. The monoisotopic (exact) mass is 271 g/mol. The smallest absolute Gasteiger partial charge is 0.157 e. The first-order valence-electron chi connectivity index (χ1n) is 8.11. The highest BCUT2D eigenvalue weighted by Gasteiger charge is 2.48. The number of benzene rings is 1. The maximum Gasteiger partial charge on any atom is 0.157 e. The molecule has 2 fully saturated rings. The van der Waals surface area contributed by atoms with Crippen LogP contribution in [0.4, 0.5) is 0 Å². The van der Waals surface area contributed by atoms with Crippen LogP contribution in [-0.2, 0) is 10.3 Å². The lowest BCUT2D eigenvalue weighted by molar-refractivity contribution is -0.138. The number of piperidine rings is 1. The van der Waals surface area contributed by atoms with Crippen molar-refractivity contribution in [3.63, 3.8) is 0 Å². The van der Waals surface area contributed by atoms with Crippen molar-refractivity contribution in [1.29, 1.82) is 0 Å². The number of nitrogens with zero attached hydrogens (tertiary/aromatic N) is 1. The zero-order valence-corrected chi connectivity index (χ0v) is 12.5. The standard InChI is InChI=1S/C18H25NO/c1-15-9-6-8-14-19(15)18(13-7-5-12-17(18)20)16-10-3-2-4-11-16/h2-4,10-11,15H,5-9,12-14H2,1H3. The second kappa shape index (κ2) is 5.69. The third-order valence-corrected chi connectivity index (χ3v) is 5.20. The van der Waals surface area contributed by atoms with E-state index in [-0.39, 0.29) is 5.54 Å². The van der Waals surface area contributed by atoms with Crippen LogP contribution in [0.1, 0.15) is 57.4 Å². The molecule has 1 heterocycles. The van der Waals surface area contributed by atoms with Crippen molar-refractivity contribution in [1.82, 2.24) is 4.90 Å². The van der Waals surface area contributed by atoms with Crippen LogP contribution in [0.3, 0.4) is 0 Å². The van der Waals surface area contributed by atoms with E-state index in [4.69, 9.17) is 0 Å². The van der Waals surface area contributed by atoms with Gasteiger partial charge < -0.3 is 0 Å². The quantitative estimate of drug-likeness (QED) is 0.813. The molecule has 0 N–H and O–H groups in total. The number of hydrogen-bond acceptors (Lipinski definition) is 2. The maximum atomic E-state index is 12.9. The van der Waals surface area contributed by atoms with Gasteiger partial charge in [-0.3, -0.25) is 9.69 Å². The number of Topliss-reactive ketones (excluding diaryl/α,β-unsaturated/α-hetero) is 1. The van der Waals surface area contributed by atoms with Gasteiger partial charge in [0, 0.05) is 12.5 Å². The minimum Gasteiger partial charge on any atom is -0.297 e. The zero-order valence-electron chi connectivity index (χ0n) is 12.5. The van der Waals surface area contributed by atoms with Gasteiger partial charge in [-0.05, 0) is 44.7 Å². The Morgan fingerprint density at radius 1 is 1.10 bits per heavy atom. The van der Waals surface area contributed by atoms with Crippen molar-refractivity contribution >= 4 is 5.78 Å². The lowest BCUT2D eigenvalue weighted by Crippen LogP contribution is -2.58. The average molecular weight is 271 g/mol. The van der Waals surface area contributed by atoms with Gasteiger partial charge in [0.1, 0.15) is 5.54 Å². The largest absolute Gasteiger partial charge is 0.297 e. The molecule has 108 valence electrons. The van der Waals surface area contributed by atoms with Gasteiger partial charge in [-0.2, -0.15) is 0 Å². The molecule has 0 spiro atoms. The van der Waals surface area contributed by atoms with Gasteiger partial charge in [0.2, 0.25) is 0 Å². The zero-order chi connectivity index (χ0) is 14.0. The van der Waals surface area contributed by atoms with Gasteiger partial charge in [-0.15, -0.1) is 0 Å². The van der Waals surface area contributed by atoms with E-state index >= 15 is 0 Å². The highest BCUT2D eigenvalue weighted by molar-refractivity contribution is 5.90. The SMILES string of the molecule is CC1CCCCN1C1(c2ccccc2)CCCCC1=O. The first kappa shape index (κ1) is 13.8. The topological polar surface area (TPSA) is 20.3 Å². The number of rotatable bonds is 2. The molecule has 0 amide bonds. The van der Waals surface area contributed by atoms with E-state index in [2.05, 4.69) is 36.1 Å². The Morgan fingerprint density at radius 2 is 1.90 bits per heavy atom. The van der Waals surface area contributed by atoms with Gasteiger partial charge in [-0.25, -0.2) is 0 Å². The van der Waals surface area contributed by atoms with E-state index in [1.807, 2.05) is 6.07 Å². The van der Waals surface area contributed by atoms with Gasteiger partial charge in [-0.1, -0.05) is 43.2 Å². The van der Waals surface area contributed by atoms with Crippen molar-refractivity contribution in [2.45, 2.75) is 63.5 Å². The number of likely N-dealkylation sites (tertiary alicyclic amines) is 1. The Labute approximate surface area is 122 Å². The summed E-state index contributed by atoms with van der Waals surface area (Å²) in [6.45, 7) is 3.37. The molecule has 1 aromatic carbocycles. The van der Waals surface area contributed by atoms with Crippen LogP contribution in [0.2, 0.25) is 0 Å². The molecule has 2 aliphatic rings. The summed E-state index contributed by atoms with van der Waals surface area (Å²) in [6.07, 6.45) is 7.74. The lowest BCUT2D eigenvalue weighted by atomic mass is 9.72. The van der Waals surface area contributed by atoms with E-state index in [0.717, 1.165) is 25.8 Å². The van der Waals surface area contributed by atoms with Crippen molar-refractivity contribution in [3.05, 3.63) is 35.9 Å². The molecule has 1 saturated carbocycles. The fourth-order valence-corrected chi connectivity index (χ4v) is 4.17. The molecule has 0 bridgehead atoms. The molecule has 2 atom stereocenters. The minimum atomic E-state index is -0.334. The lowest BCUT2D eigenvalue weighted by Gasteiger charge is -2.50. The van der Waals surface area contributed by atoms with Gasteiger partial charge in [0.05, 0.1) is 0 Å². The molecule has 2 unspecified atom stereocenters. The maximum absolute atomic E-state index is 12.9. The van der Waals surface area contributed by atoms with E-state index in [1.165, 1.54) is 31.2 Å². The summed E-state index contributed by atoms with van der Waals surface area (Å²) >= 11 is 0. The summed E-state index contributed by atoms with van der Waals surface area (Å²) in [4.78, 5) is 15.4. The number of ketones is 1. The Bertz CT molecular complexity index is 470. The van der Waals surface area contributed by atoms with Crippen LogP contribution in [0.5, 0.6) is 0 Å². The van der Waals surface area contributed by atoms with Crippen LogP contribution in [0.25, 0.3) is 0 Å². The van der Waals surface area contributed by atoms with Crippen molar-refractivity contribution in [2.24, 2.45) is 0 Å². The van der Waals surface area contributed by atoms with Gasteiger partial charge >= 0.3 is 0 Å². The fraction of sp³-hybridized carbons (Fsp3) is 0.611. The third kappa shape index (κ3) is 2.20. The molecule has 1 aliphatic heterocycles. The number of hydrogen-bond donors (Lipinski definition) is 0. The van der Waals surface area contributed by atoms with Gasteiger partial charge in [0.25, 0.3) is 0 Å². The predicted molar refractivity (Wildman–Crippen MR) is 81.6 cm³/mol. The Balaban J connectivity index is 2.05. The molecular formula is C18H25NO. The average Bonchev–Trinajstić information content (AvgIpc) is 2.50. The molecule has 1 aromatic rings. The van der Waals surface area contributed by atoms with Crippen molar-refractivity contribution in [2.75, 3.05) is 6.54 Å². The molecule has 2 nitrogen and oxygen atoms in total. The molecule has 1 saturated heterocycles. The molecule has 20 heavy (non-hydrogen) atoms. The first-order chi connectivity index (χ1) is 9.75. The van der Waals surface area contributed by atoms with Gasteiger partial charge in [0.15, 0.2) is 5.78 Å². The molecule has 0 radical (unpaired) electrons. The Morgan fingerprint density at radius 3 is 2.60 bits per heavy atom. The van der Waals surface area contributed by atoms with E-state index in [1.54, 1.807) is 0 Å². The number of carbonyl (C=O) groups is 1. The van der Waals surface area contributed by atoms with Crippen LogP contribution in [0.15, 0.2) is 30.3 Å². The second-order valence-electron chi connectivity index (χ2n) is 6.39. The predicted octanol–water partition coefficient (Wildman–Crippen LogP) is 3.90. The highest BCUT2D eigenvalue weighted by atomic mass is 16.1. The Hall–Kier alpha value is -1.15. The molecule has 2 heteroatoms. The molecular weight excluding hydrogens is 246 g/mol. The van der Waals surface area contributed by atoms with Crippen LogP contribution in [-0.4, -0.2) is 23.3 Å². The summed E-state index contributed by atoms with van der Waals surface area (Å²) < 4.78 is 0. The first-order valence-corrected chi connectivity index (χ1v) is 8.11. The Kier molecular flexibility index (Phi) is 3.93. The van der Waals surface area contributed by atoms with Crippen molar-refractivity contribution < 1.29 is 4.79 Å². The van der Waals surface area contributed by atoms with E-state index < -0.39 is 0 Å². The second-order valence-corrected chi connectivity index (χ2v) is 6.39. The summed E-state index contributed by atoms with van der Waals surface area (Å²) in [6, 6.07) is 11.0. The summed E-state index contributed by atoms with van der Waals surface area (Å²) in [5, 5.41) is 0. The molecule has 1 aliphatic carbocycles. The summed E-state index contributed by atoms with van der Waals surface area (Å²) in [7, 11) is 0.